The van der Waals surface area contributed by atoms with Crippen molar-refractivity contribution in [2.45, 2.75) is 53.1 Å². The summed E-state index contributed by atoms with van der Waals surface area (Å²) in [5.74, 6) is -0.311. The summed E-state index contributed by atoms with van der Waals surface area (Å²) in [4.78, 5) is 27.6. The number of nitrogens with zero attached hydrogens (tertiary/aromatic N) is 1. The molecule has 29 heavy (non-hydrogen) atoms. The molecule has 0 saturated carbocycles. The van der Waals surface area contributed by atoms with Crippen LogP contribution >= 0.6 is 23.2 Å². The van der Waals surface area contributed by atoms with E-state index in [4.69, 9.17) is 23.2 Å². The average Bonchev–Trinajstić information content (AvgIpc) is 2.67. The second kappa shape index (κ2) is 10.7. The predicted octanol–water partition coefficient (Wildman–Crippen LogP) is 5.10. The fourth-order valence-electron chi connectivity index (χ4n) is 3.25. The fourth-order valence-corrected chi connectivity index (χ4v) is 3.77. The molecule has 0 saturated heterocycles. The highest BCUT2D eigenvalue weighted by molar-refractivity contribution is 6.36. The van der Waals surface area contributed by atoms with Gasteiger partial charge in [-0.05, 0) is 56.0 Å². The summed E-state index contributed by atoms with van der Waals surface area (Å²) in [6.07, 6.45) is 0.700. The molecule has 6 heteroatoms. The van der Waals surface area contributed by atoms with Crippen molar-refractivity contribution in [3.63, 3.8) is 0 Å². The van der Waals surface area contributed by atoms with E-state index in [1.807, 2.05) is 45.9 Å². The Morgan fingerprint density at radius 2 is 1.69 bits per heavy atom. The third-order valence-electron chi connectivity index (χ3n) is 5.05. The molecule has 0 aliphatic heterocycles. The monoisotopic (exact) mass is 434 g/mol. The molecule has 0 spiro atoms. The van der Waals surface area contributed by atoms with Crippen LogP contribution in [0.15, 0.2) is 36.4 Å². The van der Waals surface area contributed by atoms with Gasteiger partial charge in [-0.2, -0.15) is 0 Å². The van der Waals surface area contributed by atoms with Crippen molar-refractivity contribution in [2.75, 3.05) is 6.54 Å². The normalized spacial score (nSPS) is 11.8. The number of halogens is 2. The Bertz CT molecular complexity index is 863. The molecule has 0 fully saturated rings. The van der Waals surface area contributed by atoms with Crippen molar-refractivity contribution in [1.82, 2.24) is 10.2 Å². The van der Waals surface area contributed by atoms with Crippen LogP contribution in [-0.2, 0) is 22.6 Å². The topological polar surface area (TPSA) is 49.4 Å². The molecule has 1 N–H and O–H groups in total. The lowest BCUT2D eigenvalue weighted by Crippen LogP contribution is -2.49. The number of hydrogen-bond acceptors (Lipinski definition) is 2. The van der Waals surface area contributed by atoms with Crippen LogP contribution in [0.1, 0.15) is 42.5 Å². The van der Waals surface area contributed by atoms with E-state index < -0.39 is 6.04 Å². The molecule has 4 nitrogen and oxygen atoms in total. The molecule has 156 valence electrons. The van der Waals surface area contributed by atoms with Crippen molar-refractivity contribution in [3.8, 4) is 0 Å². The van der Waals surface area contributed by atoms with Crippen LogP contribution in [-0.4, -0.2) is 29.3 Å². The highest BCUT2D eigenvalue weighted by atomic mass is 35.5. The van der Waals surface area contributed by atoms with E-state index in [0.717, 1.165) is 11.1 Å². The van der Waals surface area contributed by atoms with Gasteiger partial charge in [0.2, 0.25) is 11.8 Å². The van der Waals surface area contributed by atoms with Crippen molar-refractivity contribution in [3.05, 3.63) is 68.7 Å². The zero-order valence-corrected chi connectivity index (χ0v) is 18.9. The Hall–Kier alpha value is -2.04. The van der Waals surface area contributed by atoms with Crippen molar-refractivity contribution >= 4 is 35.0 Å². The summed E-state index contributed by atoms with van der Waals surface area (Å²) in [5.41, 5.74) is 3.87. The fraction of sp³-hybridized carbons (Fsp3) is 0.391. The van der Waals surface area contributed by atoms with Gasteiger partial charge in [0, 0.05) is 28.7 Å². The van der Waals surface area contributed by atoms with E-state index in [0.29, 0.717) is 28.6 Å². The smallest absolute Gasteiger partial charge is 0.242 e. The standard InChI is InChI=1S/C23H28Cl2N2O2/c1-5-21(23(29)26-6-2)27(14-18-19(24)8-7-9-20(18)25)22(28)13-17-11-10-15(3)16(4)12-17/h7-12,21H,5-6,13-14H2,1-4H3,(H,26,29). The molecule has 2 amide bonds. The van der Waals surface area contributed by atoms with E-state index in [9.17, 15) is 9.59 Å². The van der Waals surface area contributed by atoms with Gasteiger partial charge in [0.15, 0.2) is 0 Å². The van der Waals surface area contributed by atoms with Crippen LogP contribution < -0.4 is 5.32 Å². The number of carbonyl (C=O) groups excluding carboxylic acids is 2. The first-order valence-corrected chi connectivity index (χ1v) is 10.6. The lowest BCUT2D eigenvalue weighted by molar-refractivity contribution is -0.140. The highest BCUT2D eigenvalue weighted by Crippen LogP contribution is 2.27. The van der Waals surface area contributed by atoms with E-state index in [2.05, 4.69) is 5.32 Å². The largest absolute Gasteiger partial charge is 0.355 e. The Kier molecular flexibility index (Phi) is 8.54. The number of benzene rings is 2. The zero-order chi connectivity index (χ0) is 21.6. The van der Waals surface area contributed by atoms with Gasteiger partial charge < -0.3 is 10.2 Å². The second-order valence-electron chi connectivity index (χ2n) is 7.14. The van der Waals surface area contributed by atoms with Gasteiger partial charge in [0.05, 0.1) is 6.42 Å². The SMILES string of the molecule is CCNC(=O)C(CC)N(Cc1c(Cl)cccc1Cl)C(=O)Cc1ccc(C)c(C)c1. The van der Waals surface area contributed by atoms with Crippen LogP contribution in [0.3, 0.4) is 0 Å². The van der Waals surface area contributed by atoms with Gasteiger partial charge >= 0.3 is 0 Å². The van der Waals surface area contributed by atoms with Crippen LogP contribution in [0, 0.1) is 13.8 Å². The maximum Gasteiger partial charge on any atom is 0.242 e. The number of nitrogens with one attached hydrogen (secondary N) is 1. The van der Waals surface area contributed by atoms with Crippen molar-refractivity contribution in [2.24, 2.45) is 0 Å². The maximum absolute atomic E-state index is 13.3. The molecule has 2 aromatic carbocycles. The minimum atomic E-state index is -0.596. The quantitative estimate of drug-likeness (QED) is 0.628. The van der Waals surface area contributed by atoms with Crippen LogP contribution in [0.2, 0.25) is 10.0 Å². The first kappa shape index (κ1) is 23.2. The minimum absolute atomic E-state index is 0.137. The first-order valence-electron chi connectivity index (χ1n) is 9.84. The zero-order valence-electron chi connectivity index (χ0n) is 17.4. The van der Waals surface area contributed by atoms with Gasteiger partial charge in [0.25, 0.3) is 0 Å². The minimum Gasteiger partial charge on any atom is -0.355 e. The first-order chi connectivity index (χ1) is 13.8. The molecule has 0 aliphatic rings. The lowest BCUT2D eigenvalue weighted by Gasteiger charge is -2.31. The van der Waals surface area contributed by atoms with Gasteiger partial charge in [-0.15, -0.1) is 0 Å². The van der Waals surface area contributed by atoms with Crippen molar-refractivity contribution < 1.29 is 9.59 Å². The Morgan fingerprint density at radius 3 is 2.24 bits per heavy atom. The van der Waals surface area contributed by atoms with E-state index in [-0.39, 0.29) is 24.8 Å². The number of likely N-dealkylation sites (N-methyl/N-ethyl adjacent to an activating group) is 1. The molecule has 0 aromatic heterocycles. The van der Waals surface area contributed by atoms with Crippen LogP contribution in [0.5, 0.6) is 0 Å². The maximum atomic E-state index is 13.3. The number of carbonyl (C=O) groups is 2. The van der Waals surface area contributed by atoms with Gasteiger partial charge in [-0.1, -0.05) is 54.4 Å². The molecule has 2 rings (SSSR count). The van der Waals surface area contributed by atoms with Crippen LogP contribution in [0.4, 0.5) is 0 Å². The Balaban J connectivity index is 2.37. The third kappa shape index (κ3) is 5.97. The molecule has 1 atom stereocenters. The average molecular weight is 435 g/mol. The molecular formula is C23H28Cl2N2O2. The number of amides is 2. The number of rotatable bonds is 8. The van der Waals surface area contributed by atoms with Gasteiger partial charge in [-0.3, -0.25) is 9.59 Å². The molecular weight excluding hydrogens is 407 g/mol. The van der Waals surface area contributed by atoms with Gasteiger partial charge in [0.1, 0.15) is 6.04 Å². The summed E-state index contributed by atoms with van der Waals surface area (Å²) < 4.78 is 0. The summed E-state index contributed by atoms with van der Waals surface area (Å²) in [7, 11) is 0. The highest BCUT2D eigenvalue weighted by Gasteiger charge is 2.29. The molecule has 0 heterocycles. The molecule has 0 aliphatic carbocycles. The number of aryl methyl sites for hydroxylation is 2. The molecule has 0 radical (unpaired) electrons. The third-order valence-corrected chi connectivity index (χ3v) is 5.76. The second-order valence-corrected chi connectivity index (χ2v) is 7.95. The summed E-state index contributed by atoms with van der Waals surface area (Å²) in [6, 6.07) is 10.6. The predicted molar refractivity (Wildman–Crippen MR) is 119 cm³/mol. The van der Waals surface area contributed by atoms with E-state index >= 15 is 0 Å². The number of hydrogen-bond donors (Lipinski definition) is 1. The van der Waals surface area contributed by atoms with E-state index in [1.165, 1.54) is 5.56 Å². The Labute approximate surface area is 183 Å². The summed E-state index contributed by atoms with van der Waals surface area (Å²) in [5, 5.41) is 3.79. The molecule has 0 bridgehead atoms. The van der Waals surface area contributed by atoms with E-state index in [1.54, 1.807) is 23.1 Å². The summed E-state index contributed by atoms with van der Waals surface area (Å²) >= 11 is 12.7. The summed E-state index contributed by atoms with van der Waals surface area (Å²) in [6.45, 7) is 8.49. The van der Waals surface area contributed by atoms with Crippen LogP contribution in [0.25, 0.3) is 0 Å². The molecule has 2 aromatic rings. The van der Waals surface area contributed by atoms with Crippen molar-refractivity contribution in [1.29, 1.82) is 0 Å². The Morgan fingerprint density at radius 1 is 1.03 bits per heavy atom. The molecule has 1 unspecified atom stereocenters. The lowest BCUT2D eigenvalue weighted by atomic mass is 10.0. The van der Waals surface area contributed by atoms with Gasteiger partial charge in [-0.25, -0.2) is 0 Å².